The van der Waals surface area contributed by atoms with Gasteiger partial charge in [0.1, 0.15) is 12.2 Å². The number of carbonyl (C=O) groups is 2. The predicted octanol–water partition coefficient (Wildman–Crippen LogP) is 3.14. The van der Waals surface area contributed by atoms with E-state index in [0.29, 0.717) is 4.88 Å². The molecule has 136 valence electrons. The van der Waals surface area contributed by atoms with Crippen molar-refractivity contribution in [2.45, 2.75) is 6.10 Å². The fourth-order valence-electron chi connectivity index (χ4n) is 2.32. The molecule has 0 bridgehead atoms. The first-order chi connectivity index (χ1) is 13.1. The molecule has 27 heavy (non-hydrogen) atoms. The molecule has 3 N–H and O–H groups in total. The number of hydrogen-bond acceptors (Lipinski definition) is 6. The second-order valence-corrected chi connectivity index (χ2v) is 7.58. The van der Waals surface area contributed by atoms with E-state index in [-0.39, 0.29) is 17.8 Å². The molecule has 0 saturated carbocycles. The highest BCUT2D eigenvalue weighted by molar-refractivity contribution is 7.21. The molecule has 2 aromatic heterocycles. The number of aliphatic hydroxyl groups excluding tert-OH is 1. The Labute approximate surface area is 163 Å². The summed E-state index contributed by atoms with van der Waals surface area (Å²) in [6, 6.07) is 16.0. The van der Waals surface area contributed by atoms with Crippen LogP contribution in [-0.4, -0.2) is 23.5 Å². The molecule has 8 heteroatoms. The van der Waals surface area contributed by atoms with Gasteiger partial charge in [0.15, 0.2) is 0 Å². The van der Waals surface area contributed by atoms with E-state index in [1.54, 1.807) is 35.6 Å². The first kappa shape index (κ1) is 18.8. The van der Waals surface area contributed by atoms with Crippen molar-refractivity contribution in [1.82, 2.24) is 5.32 Å². The number of carbonyl (C=O) groups excluding carboxylic acids is 2. The fourth-order valence-corrected chi connectivity index (χ4v) is 4.15. The zero-order valence-corrected chi connectivity index (χ0v) is 15.6. The van der Waals surface area contributed by atoms with Gasteiger partial charge in [0.05, 0.1) is 11.3 Å². The van der Waals surface area contributed by atoms with E-state index in [4.69, 9.17) is 5.26 Å². The van der Waals surface area contributed by atoms with Crippen LogP contribution < -0.4 is 10.6 Å². The minimum absolute atomic E-state index is 0.0868. The molecular weight excluding hydrogens is 382 g/mol. The van der Waals surface area contributed by atoms with Crippen molar-refractivity contribution in [2.24, 2.45) is 0 Å². The standard InChI is InChI=1S/C19H15N3O3S2/c20-10-12-4-1-2-5-13(12)22-19(25)18(24)21-11-14(23)15-7-8-17(27-15)16-6-3-9-26-16/h1-9,14,23H,11H2,(H,21,24)(H,22,25)/t14-/m0/s1. The van der Waals surface area contributed by atoms with Gasteiger partial charge in [0.25, 0.3) is 0 Å². The van der Waals surface area contributed by atoms with Crippen LogP contribution in [-0.2, 0) is 9.59 Å². The van der Waals surface area contributed by atoms with Gasteiger partial charge >= 0.3 is 11.8 Å². The summed E-state index contributed by atoms with van der Waals surface area (Å²) in [5.41, 5.74) is 0.526. The minimum atomic E-state index is -0.910. The Kier molecular flexibility index (Phi) is 5.98. The molecule has 0 aliphatic carbocycles. The molecular formula is C19H15N3O3S2. The highest BCUT2D eigenvalue weighted by Crippen LogP contribution is 2.33. The molecule has 1 atom stereocenters. The third-order valence-corrected chi connectivity index (χ3v) is 5.93. The Morgan fingerprint density at radius 1 is 1.07 bits per heavy atom. The molecule has 0 saturated heterocycles. The van der Waals surface area contributed by atoms with Crippen LogP contribution in [0.25, 0.3) is 9.75 Å². The summed E-state index contributed by atoms with van der Waals surface area (Å²) in [4.78, 5) is 26.8. The lowest BCUT2D eigenvalue weighted by Gasteiger charge is -2.11. The van der Waals surface area contributed by atoms with Crippen LogP contribution >= 0.6 is 22.7 Å². The molecule has 0 spiro atoms. The van der Waals surface area contributed by atoms with Gasteiger partial charge < -0.3 is 15.7 Å². The van der Waals surface area contributed by atoms with Gasteiger partial charge in [-0.05, 0) is 35.7 Å². The van der Waals surface area contributed by atoms with E-state index in [0.717, 1.165) is 9.75 Å². The molecule has 0 unspecified atom stereocenters. The molecule has 0 aliphatic heterocycles. The van der Waals surface area contributed by atoms with Crippen LogP contribution in [0.3, 0.4) is 0 Å². The van der Waals surface area contributed by atoms with Crippen molar-refractivity contribution >= 4 is 40.2 Å². The molecule has 0 aliphatic rings. The van der Waals surface area contributed by atoms with Crippen LogP contribution in [0.4, 0.5) is 5.69 Å². The van der Waals surface area contributed by atoms with Gasteiger partial charge in [-0.1, -0.05) is 18.2 Å². The lowest BCUT2D eigenvalue weighted by atomic mass is 10.2. The number of para-hydroxylation sites is 1. The number of thiophene rings is 2. The highest BCUT2D eigenvalue weighted by atomic mass is 32.1. The normalized spacial score (nSPS) is 11.4. The molecule has 2 heterocycles. The molecule has 3 rings (SSSR count). The molecule has 0 radical (unpaired) electrons. The summed E-state index contributed by atoms with van der Waals surface area (Å²) >= 11 is 3.05. The smallest absolute Gasteiger partial charge is 0.313 e. The number of anilines is 1. The van der Waals surface area contributed by atoms with E-state index in [1.807, 2.05) is 29.6 Å². The van der Waals surface area contributed by atoms with Crippen molar-refractivity contribution in [3.63, 3.8) is 0 Å². The Morgan fingerprint density at radius 2 is 1.89 bits per heavy atom. The van der Waals surface area contributed by atoms with Crippen molar-refractivity contribution in [1.29, 1.82) is 5.26 Å². The third-order valence-electron chi connectivity index (χ3n) is 3.68. The number of rotatable bonds is 5. The fraction of sp³-hybridized carbons (Fsp3) is 0.105. The lowest BCUT2D eigenvalue weighted by Crippen LogP contribution is -2.37. The third kappa shape index (κ3) is 4.60. The second-order valence-electron chi connectivity index (χ2n) is 5.52. The predicted molar refractivity (Wildman–Crippen MR) is 105 cm³/mol. The van der Waals surface area contributed by atoms with Crippen LogP contribution in [0.5, 0.6) is 0 Å². The summed E-state index contributed by atoms with van der Waals surface area (Å²) < 4.78 is 0. The van der Waals surface area contributed by atoms with Crippen molar-refractivity contribution in [2.75, 3.05) is 11.9 Å². The number of nitrogens with zero attached hydrogens (tertiary/aromatic N) is 1. The number of nitrogens with one attached hydrogen (secondary N) is 2. The Hall–Kier alpha value is -2.99. The quantitative estimate of drug-likeness (QED) is 0.576. The zero-order valence-electron chi connectivity index (χ0n) is 14.0. The SMILES string of the molecule is N#Cc1ccccc1NC(=O)C(=O)NC[C@H](O)c1ccc(-c2cccs2)s1. The summed E-state index contributed by atoms with van der Waals surface area (Å²) in [6.07, 6.45) is -0.910. The molecule has 6 nitrogen and oxygen atoms in total. The summed E-state index contributed by atoms with van der Waals surface area (Å²) in [5, 5.41) is 26.1. The second kappa shape index (κ2) is 8.60. The van der Waals surface area contributed by atoms with Gasteiger partial charge in [-0.3, -0.25) is 9.59 Å². The Bertz CT molecular complexity index is 990. The number of aliphatic hydroxyl groups is 1. The topological polar surface area (TPSA) is 102 Å². The van der Waals surface area contributed by atoms with Crippen LogP contribution in [0.2, 0.25) is 0 Å². The Balaban J connectivity index is 1.55. The summed E-state index contributed by atoms with van der Waals surface area (Å²) in [5.74, 6) is -1.77. The molecule has 1 aromatic carbocycles. The van der Waals surface area contributed by atoms with Crippen LogP contribution in [0.15, 0.2) is 53.9 Å². The van der Waals surface area contributed by atoms with E-state index in [2.05, 4.69) is 10.6 Å². The first-order valence-electron chi connectivity index (χ1n) is 7.98. The van der Waals surface area contributed by atoms with Crippen LogP contribution in [0.1, 0.15) is 16.5 Å². The van der Waals surface area contributed by atoms with Crippen LogP contribution in [0, 0.1) is 11.3 Å². The summed E-state index contributed by atoms with van der Waals surface area (Å²) in [6.45, 7) is -0.0868. The van der Waals surface area contributed by atoms with E-state index >= 15 is 0 Å². The molecule has 3 aromatic rings. The van der Waals surface area contributed by atoms with Gasteiger partial charge in [-0.25, -0.2) is 0 Å². The average Bonchev–Trinajstić information content (AvgIpc) is 3.37. The number of hydrogen-bond donors (Lipinski definition) is 3. The maximum Gasteiger partial charge on any atom is 0.313 e. The average molecular weight is 397 g/mol. The monoisotopic (exact) mass is 397 g/mol. The minimum Gasteiger partial charge on any atom is -0.386 e. The molecule has 0 fully saturated rings. The number of amides is 2. The van der Waals surface area contributed by atoms with Gasteiger partial charge in [0.2, 0.25) is 0 Å². The number of benzene rings is 1. The van der Waals surface area contributed by atoms with E-state index in [1.165, 1.54) is 17.4 Å². The van der Waals surface area contributed by atoms with E-state index in [9.17, 15) is 14.7 Å². The first-order valence-corrected chi connectivity index (χ1v) is 9.68. The summed E-state index contributed by atoms with van der Waals surface area (Å²) in [7, 11) is 0. The van der Waals surface area contributed by atoms with E-state index < -0.39 is 17.9 Å². The van der Waals surface area contributed by atoms with Crippen molar-refractivity contribution in [3.8, 4) is 15.8 Å². The Morgan fingerprint density at radius 3 is 2.63 bits per heavy atom. The lowest BCUT2D eigenvalue weighted by molar-refractivity contribution is -0.136. The van der Waals surface area contributed by atoms with Crippen molar-refractivity contribution < 1.29 is 14.7 Å². The maximum absolute atomic E-state index is 12.0. The van der Waals surface area contributed by atoms with Gasteiger partial charge in [-0.15, -0.1) is 22.7 Å². The van der Waals surface area contributed by atoms with Gasteiger partial charge in [0, 0.05) is 21.2 Å². The molecule has 2 amide bonds. The highest BCUT2D eigenvalue weighted by Gasteiger charge is 2.18. The zero-order chi connectivity index (χ0) is 19.2. The number of nitriles is 1. The maximum atomic E-state index is 12.0. The van der Waals surface area contributed by atoms with Gasteiger partial charge in [-0.2, -0.15) is 5.26 Å². The largest absolute Gasteiger partial charge is 0.386 e. The van der Waals surface area contributed by atoms with Crippen molar-refractivity contribution in [3.05, 3.63) is 64.4 Å².